The van der Waals surface area contributed by atoms with Crippen LogP contribution >= 0.6 is 24.0 Å². The number of hydrogen-bond acceptors (Lipinski definition) is 3. The molecule has 0 amide bonds. The van der Waals surface area contributed by atoms with Crippen LogP contribution in [0.2, 0.25) is 0 Å². The van der Waals surface area contributed by atoms with E-state index in [2.05, 4.69) is 15.6 Å². The Hall–Kier alpha value is -0.300. The number of hydrogen-bond donors (Lipinski definition) is 2. The summed E-state index contributed by atoms with van der Waals surface area (Å²) in [6, 6.07) is 0.467. The van der Waals surface area contributed by atoms with Gasteiger partial charge in [-0.25, -0.2) is 8.42 Å². The summed E-state index contributed by atoms with van der Waals surface area (Å²) in [5, 5.41) is 6.77. The number of piperidine rings is 1. The predicted molar refractivity (Wildman–Crippen MR) is 122 cm³/mol. The quantitative estimate of drug-likeness (QED) is 0.292. The van der Waals surface area contributed by atoms with E-state index in [-0.39, 0.29) is 43.0 Å². The lowest BCUT2D eigenvalue weighted by Gasteiger charge is -2.31. The highest BCUT2D eigenvalue weighted by molar-refractivity contribution is 14.0. The third-order valence-corrected chi connectivity index (χ3v) is 8.10. The Labute approximate surface area is 194 Å². The van der Waals surface area contributed by atoms with Gasteiger partial charge in [0.05, 0.1) is 0 Å². The van der Waals surface area contributed by atoms with Crippen molar-refractivity contribution in [1.82, 2.24) is 14.9 Å². The standard InChI is InChI=1S/C19H33F3N4O2S.HI/c1-2-23-18(25-17-12-16(17)15-6-4-3-5-7-15)24-13-14-8-10-26(11-9-14)29(27,28)19(20,21)22;/h14-17H,2-13H2,1H3,(H2,23,24,25);1H. The van der Waals surface area contributed by atoms with Crippen molar-refractivity contribution in [2.24, 2.45) is 22.7 Å². The zero-order chi connectivity index (χ0) is 21.1. The minimum absolute atomic E-state index is 0. The molecule has 1 aliphatic heterocycles. The molecule has 3 aliphatic rings. The first-order chi connectivity index (χ1) is 13.7. The van der Waals surface area contributed by atoms with Gasteiger partial charge in [-0.15, -0.1) is 24.0 Å². The third kappa shape index (κ3) is 6.60. The molecule has 0 radical (unpaired) electrons. The Balaban J connectivity index is 0.00000320. The van der Waals surface area contributed by atoms with Crippen LogP contribution in [-0.2, 0) is 10.0 Å². The Kier molecular flexibility index (Phi) is 9.54. The van der Waals surface area contributed by atoms with Crippen LogP contribution in [0.1, 0.15) is 58.3 Å². The molecule has 3 fully saturated rings. The van der Waals surface area contributed by atoms with Gasteiger partial charge in [-0.05, 0) is 43.9 Å². The molecule has 0 aromatic rings. The van der Waals surface area contributed by atoms with Crippen LogP contribution < -0.4 is 10.6 Å². The van der Waals surface area contributed by atoms with Crippen LogP contribution in [-0.4, -0.2) is 56.4 Å². The number of nitrogens with zero attached hydrogens (tertiary/aromatic N) is 2. The Morgan fingerprint density at radius 2 is 1.73 bits per heavy atom. The van der Waals surface area contributed by atoms with Gasteiger partial charge >= 0.3 is 15.5 Å². The van der Waals surface area contributed by atoms with Gasteiger partial charge in [0.1, 0.15) is 0 Å². The fraction of sp³-hybridized carbons (Fsp3) is 0.947. The van der Waals surface area contributed by atoms with Crippen molar-refractivity contribution in [2.45, 2.75) is 69.8 Å². The van der Waals surface area contributed by atoms with E-state index in [1.165, 1.54) is 38.5 Å². The smallest absolute Gasteiger partial charge is 0.357 e. The summed E-state index contributed by atoms with van der Waals surface area (Å²) in [4.78, 5) is 4.64. The average molecular weight is 566 g/mol. The van der Waals surface area contributed by atoms with Crippen LogP contribution in [0.25, 0.3) is 0 Å². The van der Waals surface area contributed by atoms with E-state index in [1.807, 2.05) is 6.92 Å². The average Bonchev–Trinajstić information content (AvgIpc) is 3.45. The second kappa shape index (κ2) is 11.0. The van der Waals surface area contributed by atoms with E-state index >= 15 is 0 Å². The van der Waals surface area contributed by atoms with E-state index in [1.54, 1.807) is 0 Å². The minimum Gasteiger partial charge on any atom is -0.357 e. The third-order valence-electron chi connectivity index (χ3n) is 6.47. The Morgan fingerprint density at radius 1 is 1.10 bits per heavy atom. The number of aliphatic imine (C=N–C) groups is 1. The predicted octanol–water partition coefficient (Wildman–Crippen LogP) is 3.69. The molecule has 11 heteroatoms. The summed E-state index contributed by atoms with van der Waals surface area (Å²) in [6.07, 6.45) is 8.66. The zero-order valence-electron chi connectivity index (χ0n) is 17.5. The first-order valence-electron chi connectivity index (χ1n) is 10.8. The van der Waals surface area contributed by atoms with E-state index < -0.39 is 15.5 Å². The molecule has 2 saturated carbocycles. The van der Waals surface area contributed by atoms with Crippen molar-refractivity contribution in [3.05, 3.63) is 0 Å². The zero-order valence-corrected chi connectivity index (χ0v) is 20.6. The maximum atomic E-state index is 12.7. The van der Waals surface area contributed by atoms with Gasteiger partial charge in [-0.1, -0.05) is 32.1 Å². The lowest BCUT2D eigenvalue weighted by atomic mass is 9.85. The number of nitrogens with one attached hydrogen (secondary N) is 2. The maximum absolute atomic E-state index is 12.7. The van der Waals surface area contributed by atoms with Gasteiger partial charge in [0.15, 0.2) is 5.96 Å². The van der Waals surface area contributed by atoms with E-state index in [0.717, 1.165) is 24.3 Å². The van der Waals surface area contributed by atoms with Crippen LogP contribution in [0.4, 0.5) is 13.2 Å². The molecule has 1 saturated heterocycles. The van der Waals surface area contributed by atoms with Crippen LogP contribution in [0, 0.1) is 17.8 Å². The van der Waals surface area contributed by atoms with Crippen LogP contribution in [0.3, 0.4) is 0 Å². The van der Waals surface area contributed by atoms with E-state index in [4.69, 9.17) is 0 Å². The van der Waals surface area contributed by atoms with Gasteiger partial charge in [-0.3, -0.25) is 4.99 Å². The first kappa shape index (κ1) is 26.0. The number of guanidine groups is 1. The van der Waals surface area contributed by atoms with Crippen molar-refractivity contribution >= 4 is 40.0 Å². The lowest BCUT2D eigenvalue weighted by Crippen LogP contribution is -2.45. The second-order valence-corrected chi connectivity index (χ2v) is 10.5. The summed E-state index contributed by atoms with van der Waals surface area (Å²) in [5.41, 5.74) is -5.22. The highest BCUT2D eigenvalue weighted by Crippen LogP contribution is 2.44. The highest BCUT2D eigenvalue weighted by atomic mass is 127. The molecule has 2 unspecified atom stereocenters. The van der Waals surface area contributed by atoms with Crippen molar-refractivity contribution < 1.29 is 21.6 Å². The van der Waals surface area contributed by atoms with E-state index in [0.29, 0.717) is 29.7 Å². The molecular weight excluding hydrogens is 532 g/mol. The lowest BCUT2D eigenvalue weighted by molar-refractivity contribution is -0.0496. The van der Waals surface area contributed by atoms with Gasteiger partial charge in [-0.2, -0.15) is 17.5 Å². The van der Waals surface area contributed by atoms with Gasteiger partial charge in [0.25, 0.3) is 0 Å². The van der Waals surface area contributed by atoms with Gasteiger partial charge in [0.2, 0.25) is 0 Å². The van der Waals surface area contributed by atoms with Crippen molar-refractivity contribution in [2.75, 3.05) is 26.2 Å². The maximum Gasteiger partial charge on any atom is 0.511 e. The monoisotopic (exact) mass is 566 g/mol. The summed E-state index contributed by atoms with van der Waals surface area (Å²) in [6.45, 7) is 3.05. The summed E-state index contributed by atoms with van der Waals surface area (Å²) >= 11 is 0. The molecular formula is C19H34F3IN4O2S. The molecule has 0 spiro atoms. The number of sulfonamides is 1. The van der Waals surface area contributed by atoms with Crippen LogP contribution in [0.15, 0.2) is 4.99 Å². The minimum atomic E-state index is -5.22. The fourth-order valence-electron chi connectivity index (χ4n) is 4.66. The number of rotatable bonds is 6. The molecule has 2 aliphatic carbocycles. The largest absolute Gasteiger partial charge is 0.511 e. The molecule has 0 bridgehead atoms. The molecule has 30 heavy (non-hydrogen) atoms. The SMILES string of the molecule is CCNC(=NCC1CCN(S(=O)(=O)C(F)(F)F)CC1)NC1CC1C1CCCCC1.I. The van der Waals surface area contributed by atoms with E-state index in [9.17, 15) is 21.6 Å². The van der Waals surface area contributed by atoms with Crippen molar-refractivity contribution in [3.8, 4) is 0 Å². The van der Waals surface area contributed by atoms with Crippen LogP contribution in [0.5, 0.6) is 0 Å². The molecule has 3 rings (SSSR count). The Morgan fingerprint density at radius 3 is 2.30 bits per heavy atom. The molecule has 2 N–H and O–H groups in total. The molecule has 1 heterocycles. The van der Waals surface area contributed by atoms with Crippen molar-refractivity contribution in [1.29, 1.82) is 0 Å². The van der Waals surface area contributed by atoms with Crippen molar-refractivity contribution in [3.63, 3.8) is 0 Å². The summed E-state index contributed by atoms with van der Waals surface area (Å²) in [5.74, 6) is 2.42. The topological polar surface area (TPSA) is 73.8 Å². The van der Waals surface area contributed by atoms with Gasteiger partial charge < -0.3 is 10.6 Å². The number of alkyl halides is 3. The van der Waals surface area contributed by atoms with Gasteiger partial charge in [0, 0.05) is 32.2 Å². The summed E-state index contributed by atoms with van der Waals surface area (Å²) in [7, 11) is -5.21. The molecule has 2 atom stereocenters. The first-order valence-corrected chi connectivity index (χ1v) is 12.3. The molecule has 176 valence electrons. The second-order valence-electron chi connectivity index (χ2n) is 8.56. The Bertz CT molecular complexity index is 676. The molecule has 6 nitrogen and oxygen atoms in total. The molecule has 0 aromatic heterocycles. The fourth-order valence-corrected chi connectivity index (χ4v) is 5.64. The highest BCUT2D eigenvalue weighted by Gasteiger charge is 2.50. The normalized spacial score (nSPS) is 27.4. The molecule has 0 aromatic carbocycles. The summed E-state index contributed by atoms with van der Waals surface area (Å²) < 4.78 is 61.6. The number of halogens is 4.